The highest BCUT2D eigenvalue weighted by Gasteiger charge is 2.21. The Bertz CT molecular complexity index is 1200. The lowest BCUT2D eigenvalue weighted by atomic mass is 9.84. The number of hydrogen-bond donors (Lipinski definition) is 1. The average molecular weight is 415 g/mol. The fraction of sp³-hybridized carbons (Fsp3) is 0.308. The number of rotatable bonds is 2. The van der Waals surface area contributed by atoms with Crippen LogP contribution in [0.1, 0.15) is 47.9 Å². The first-order valence-electron chi connectivity index (χ1n) is 11.1. The van der Waals surface area contributed by atoms with E-state index < -0.39 is 8.16 Å². The van der Waals surface area contributed by atoms with Crippen LogP contribution in [0.2, 0.25) is 0 Å². The van der Waals surface area contributed by atoms with E-state index >= 15 is 0 Å². The van der Waals surface area contributed by atoms with Crippen LogP contribution in [0.25, 0.3) is 21.9 Å². The van der Waals surface area contributed by atoms with Crippen molar-refractivity contribution in [3.63, 3.8) is 0 Å². The molecule has 0 bridgehead atoms. The van der Waals surface area contributed by atoms with Crippen LogP contribution in [0.15, 0.2) is 63.0 Å². The Labute approximate surface area is 177 Å². The largest absolute Gasteiger partial charge is 0.404 e. The number of fused-ring (bicyclic) bond motifs is 7. The Morgan fingerprint density at radius 2 is 1.13 bits per heavy atom. The summed E-state index contributed by atoms with van der Waals surface area (Å²) in [6, 6.07) is 19.1. The van der Waals surface area contributed by atoms with Gasteiger partial charge in [0.1, 0.15) is 11.2 Å². The molecule has 0 spiro atoms. The third-order valence-electron chi connectivity index (χ3n) is 6.60. The molecule has 0 amide bonds. The highest BCUT2D eigenvalue weighted by Crippen LogP contribution is 2.42. The van der Waals surface area contributed by atoms with Crippen LogP contribution in [0.4, 0.5) is 5.69 Å². The molecule has 0 saturated carbocycles. The SMILES string of the molecule is c1ccc(Np2oc3ccc4c(c3c3c5c(ccc3o2)CCCC5)CCCC4)cc1. The maximum Gasteiger partial charge on any atom is 0.338 e. The van der Waals surface area contributed by atoms with Crippen LogP contribution in [0, 0.1) is 0 Å². The van der Waals surface area contributed by atoms with Crippen molar-refractivity contribution in [2.75, 3.05) is 5.09 Å². The number of benzene rings is 3. The lowest BCUT2D eigenvalue weighted by Crippen LogP contribution is -2.05. The molecule has 152 valence electrons. The van der Waals surface area contributed by atoms with E-state index in [1.807, 2.05) is 18.2 Å². The van der Waals surface area contributed by atoms with Crippen LogP contribution < -0.4 is 5.09 Å². The molecule has 1 aromatic heterocycles. The Hall–Kier alpha value is -2.64. The maximum atomic E-state index is 6.53. The second-order valence-electron chi connectivity index (χ2n) is 8.48. The van der Waals surface area contributed by atoms with Crippen LogP contribution >= 0.6 is 8.16 Å². The molecule has 2 aliphatic rings. The summed E-state index contributed by atoms with van der Waals surface area (Å²) in [4.78, 5) is 0. The second kappa shape index (κ2) is 7.56. The highest BCUT2D eigenvalue weighted by molar-refractivity contribution is 7.39. The van der Waals surface area contributed by atoms with E-state index in [0.29, 0.717) is 0 Å². The van der Waals surface area contributed by atoms with Gasteiger partial charge in [-0.15, -0.1) is 0 Å². The minimum Gasteiger partial charge on any atom is -0.404 e. The van der Waals surface area contributed by atoms with Crippen LogP contribution in [-0.4, -0.2) is 0 Å². The fourth-order valence-electron chi connectivity index (χ4n) is 5.17. The van der Waals surface area contributed by atoms with Gasteiger partial charge < -0.3 is 8.39 Å². The molecule has 6 rings (SSSR count). The summed E-state index contributed by atoms with van der Waals surface area (Å²) in [6.07, 6.45) is 9.69. The van der Waals surface area contributed by atoms with Gasteiger partial charge >= 0.3 is 8.16 Å². The van der Waals surface area contributed by atoms with Crippen molar-refractivity contribution in [1.29, 1.82) is 0 Å². The molecule has 3 nitrogen and oxygen atoms in total. The molecule has 1 N–H and O–H groups in total. The van der Waals surface area contributed by atoms with E-state index in [1.54, 1.807) is 0 Å². The van der Waals surface area contributed by atoms with Gasteiger partial charge in [-0.1, -0.05) is 30.3 Å². The predicted octanol–water partition coefficient (Wildman–Crippen LogP) is 7.92. The number of aryl methyl sites for hydroxylation is 4. The predicted molar refractivity (Wildman–Crippen MR) is 125 cm³/mol. The van der Waals surface area contributed by atoms with Gasteiger partial charge in [-0.3, -0.25) is 5.09 Å². The summed E-state index contributed by atoms with van der Waals surface area (Å²) < 4.78 is 13.1. The number of nitrogens with one attached hydrogen (secondary N) is 1. The molecule has 2 aliphatic carbocycles. The Morgan fingerprint density at radius 3 is 1.70 bits per heavy atom. The van der Waals surface area contributed by atoms with Crippen molar-refractivity contribution in [2.24, 2.45) is 0 Å². The number of para-hydroxylation sites is 1. The molecule has 0 atom stereocenters. The van der Waals surface area contributed by atoms with E-state index in [9.17, 15) is 0 Å². The number of hydrogen-bond acceptors (Lipinski definition) is 3. The molecule has 30 heavy (non-hydrogen) atoms. The molecule has 0 saturated heterocycles. The zero-order chi connectivity index (χ0) is 19.9. The molecule has 4 heteroatoms. The van der Waals surface area contributed by atoms with Crippen molar-refractivity contribution >= 4 is 35.8 Å². The van der Waals surface area contributed by atoms with Crippen LogP contribution in [-0.2, 0) is 25.7 Å². The molecule has 0 unspecified atom stereocenters. The van der Waals surface area contributed by atoms with Crippen molar-refractivity contribution < 1.29 is 8.39 Å². The minimum absolute atomic E-state index is 0.975. The van der Waals surface area contributed by atoms with Gasteiger partial charge in [0.15, 0.2) is 0 Å². The highest BCUT2D eigenvalue weighted by atomic mass is 31.1. The molecule has 4 aromatic rings. The summed E-state index contributed by atoms with van der Waals surface area (Å²) in [5.41, 5.74) is 8.92. The van der Waals surface area contributed by atoms with E-state index in [0.717, 1.165) is 29.7 Å². The van der Waals surface area contributed by atoms with Gasteiger partial charge in [0.2, 0.25) is 0 Å². The quantitative estimate of drug-likeness (QED) is 0.361. The van der Waals surface area contributed by atoms with Crippen molar-refractivity contribution in [3.05, 3.63) is 76.9 Å². The number of anilines is 1. The van der Waals surface area contributed by atoms with Gasteiger partial charge in [0.25, 0.3) is 0 Å². The summed E-state index contributed by atoms with van der Waals surface area (Å²) in [7, 11) is -1.32. The van der Waals surface area contributed by atoms with Crippen LogP contribution in [0.3, 0.4) is 0 Å². The van der Waals surface area contributed by atoms with Gasteiger partial charge in [-0.25, -0.2) is 0 Å². The normalized spacial score (nSPS) is 15.6. The molecule has 0 aliphatic heterocycles. The summed E-state index contributed by atoms with van der Waals surface area (Å²) in [6.45, 7) is 0. The Balaban J connectivity index is 1.70. The van der Waals surface area contributed by atoms with E-state index in [2.05, 4.69) is 41.5 Å². The smallest absolute Gasteiger partial charge is 0.338 e. The average Bonchev–Trinajstić information content (AvgIpc) is 2.96. The van der Waals surface area contributed by atoms with E-state index in [1.165, 1.54) is 71.6 Å². The molecular formula is C26H26NO2P. The van der Waals surface area contributed by atoms with E-state index in [4.69, 9.17) is 8.39 Å². The zero-order valence-electron chi connectivity index (χ0n) is 17.1. The molecule has 0 radical (unpaired) electrons. The van der Waals surface area contributed by atoms with Gasteiger partial charge in [0.05, 0.1) is 0 Å². The Kier molecular flexibility index (Phi) is 4.57. The second-order valence-corrected chi connectivity index (χ2v) is 9.59. The first-order valence-corrected chi connectivity index (χ1v) is 12.3. The maximum absolute atomic E-state index is 6.53. The van der Waals surface area contributed by atoms with Crippen molar-refractivity contribution in [3.8, 4) is 0 Å². The van der Waals surface area contributed by atoms with E-state index in [-0.39, 0.29) is 0 Å². The first-order chi connectivity index (χ1) is 14.9. The van der Waals surface area contributed by atoms with Gasteiger partial charge in [-0.2, -0.15) is 0 Å². The van der Waals surface area contributed by atoms with Crippen molar-refractivity contribution in [2.45, 2.75) is 51.4 Å². The van der Waals surface area contributed by atoms with Gasteiger partial charge in [-0.05, 0) is 97.9 Å². The van der Waals surface area contributed by atoms with Crippen LogP contribution in [0.5, 0.6) is 0 Å². The first kappa shape index (κ1) is 18.2. The summed E-state index contributed by atoms with van der Waals surface area (Å²) in [5.74, 6) is 0. The summed E-state index contributed by atoms with van der Waals surface area (Å²) in [5, 5.41) is 6.10. The molecular weight excluding hydrogens is 389 g/mol. The van der Waals surface area contributed by atoms with Gasteiger partial charge in [0, 0.05) is 16.5 Å². The zero-order valence-corrected chi connectivity index (χ0v) is 18.0. The standard InChI is InChI=1S/C26H26NO2P/c1-2-10-20(11-3-1)27-30-28-23-16-14-18-8-4-6-12-21(18)25(23)26-22-13-7-5-9-19(22)15-17-24(26)29-30/h1-3,10-11,14-17,27H,4-9,12-13H2. The lowest BCUT2D eigenvalue weighted by molar-refractivity contribution is 0.643. The molecule has 3 aromatic carbocycles. The topological polar surface area (TPSA) is 38.3 Å². The molecule has 1 heterocycles. The monoisotopic (exact) mass is 415 g/mol. The third kappa shape index (κ3) is 3.13. The summed E-state index contributed by atoms with van der Waals surface area (Å²) >= 11 is 0. The fourth-order valence-corrected chi connectivity index (χ4v) is 6.32. The third-order valence-corrected chi connectivity index (χ3v) is 7.76. The minimum atomic E-state index is -1.32. The molecule has 0 fully saturated rings. The lowest BCUT2D eigenvalue weighted by Gasteiger charge is -2.20. The Morgan fingerprint density at radius 1 is 0.600 bits per heavy atom. The van der Waals surface area contributed by atoms with Crippen molar-refractivity contribution in [1.82, 2.24) is 0 Å².